The van der Waals surface area contributed by atoms with Crippen LogP contribution in [0.5, 0.6) is 5.75 Å². The molecule has 2 nitrogen and oxygen atoms in total. The Kier molecular flexibility index (Phi) is 7.55. The van der Waals surface area contributed by atoms with E-state index in [1.54, 1.807) is 68.5 Å². The Labute approximate surface area is 207 Å². The summed E-state index contributed by atoms with van der Waals surface area (Å²) in [6, 6.07) is 19.0. The van der Waals surface area contributed by atoms with Gasteiger partial charge in [-0.05, 0) is 48.2 Å². The van der Waals surface area contributed by atoms with E-state index in [2.05, 4.69) is 0 Å². The number of rotatable bonds is 7. The third-order valence-electron chi connectivity index (χ3n) is 5.84. The third-order valence-corrected chi connectivity index (χ3v) is 5.84. The predicted octanol–water partition coefficient (Wildman–Crippen LogP) is 8.20. The fourth-order valence-corrected chi connectivity index (χ4v) is 3.84. The minimum absolute atomic E-state index is 0.0700. The third kappa shape index (κ3) is 5.19. The molecule has 36 heavy (non-hydrogen) atoms. The lowest BCUT2D eigenvalue weighted by atomic mass is 9.99. The normalized spacial score (nSPS) is 12.2. The molecule has 0 heterocycles. The van der Waals surface area contributed by atoms with E-state index in [1.165, 1.54) is 30.3 Å². The van der Waals surface area contributed by atoms with Crippen molar-refractivity contribution in [3.05, 3.63) is 113 Å². The summed E-state index contributed by atoms with van der Waals surface area (Å²) in [5.41, 5.74) is 2.60. The highest BCUT2D eigenvalue weighted by Gasteiger charge is 2.16. The predicted molar refractivity (Wildman–Crippen MR) is 134 cm³/mol. The number of aliphatic hydroxyl groups excluding tert-OH is 1. The van der Waals surface area contributed by atoms with Crippen LogP contribution in [0.1, 0.15) is 36.6 Å². The van der Waals surface area contributed by atoms with Gasteiger partial charge in [-0.2, -0.15) is 4.39 Å². The smallest absolute Gasteiger partial charge is 0.201 e. The molecule has 0 aromatic heterocycles. The first kappa shape index (κ1) is 25.2. The van der Waals surface area contributed by atoms with Gasteiger partial charge in [0.1, 0.15) is 0 Å². The van der Waals surface area contributed by atoms with Gasteiger partial charge in [0.25, 0.3) is 0 Å². The van der Waals surface area contributed by atoms with E-state index in [0.717, 1.165) is 0 Å². The minimum Gasteiger partial charge on any atom is -0.491 e. The summed E-state index contributed by atoms with van der Waals surface area (Å²) in [6.45, 7) is 3.53. The zero-order valence-electron chi connectivity index (χ0n) is 19.7. The van der Waals surface area contributed by atoms with Crippen LogP contribution in [0.25, 0.3) is 34.4 Å². The van der Waals surface area contributed by atoms with Crippen LogP contribution in [0.3, 0.4) is 0 Å². The molecule has 4 rings (SSSR count). The number of hydrogen-bond acceptors (Lipinski definition) is 2. The molecule has 0 bridgehead atoms. The second-order valence-corrected chi connectivity index (χ2v) is 8.26. The van der Waals surface area contributed by atoms with Crippen molar-refractivity contribution in [3.8, 4) is 28.0 Å². The Bertz CT molecular complexity index is 1390. The van der Waals surface area contributed by atoms with Gasteiger partial charge in [-0.3, -0.25) is 0 Å². The summed E-state index contributed by atoms with van der Waals surface area (Å²) in [5.74, 6) is -4.13. The molecule has 184 valence electrons. The van der Waals surface area contributed by atoms with Gasteiger partial charge in [-0.25, -0.2) is 13.2 Å². The number of hydrogen-bond donors (Lipinski definition) is 1. The van der Waals surface area contributed by atoms with Gasteiger partial charge in [0.2, 0.25) is 5.82 Å². The van der Waals surface area contributed by atoms with E-state index in [9.17, 15) is 22.7 Å². The summed E-state index contributed by atoms with van der Waals surface area (Å²) >= 11 is 0. The standard InChI is InChI=1S/C30H24F4O2/c1-3-36-26-17-16-25(29(33)30(26)34)21-7-4-19(5-8-21)6-9-23-14-15-24(28(32)27(23)31)22-12-10-20(11-13-22)18(2)35/h4-18,35H,3H2,1-2H3/b9-6+. The average molecular weight is 493 g/mol. The zero-order valence-corrected chi connectivity index (χ0v) is 19.7. The minimum atomic E-state index is -1.04. The Hall–Kier alpha value is -3.90. The number of aliphatic hydroxyl groups is 1. The molecule has 0 saturated heterocycles. The molecule has 0 amide bonds. The SMILES string of the molecule is CCOc1ccc(-c2ccc(/C=C/c3ccc(-c4ccc(C(C)O)cc4)c(F)c3F)cc2)c(F)c1F. The molecule has 0 spiro atoms. The molecule has 4 aromatic rings. The maximum Gasteiger partial charge on any atom is 0.201 e. The molecule has 4 aromatic carbocycles. The highest BCUT2D eigenvalue weighted by atomic mass is 19.2. The maximum atomic E-state index is 14.8. The van der Waals surface area contributed by atoms with Crippen molar-refractivity contribution in [2.45, 2.75) is 20.0 Å². The van der Waals surface area contributed by atoms with Gasteiger partial charge in [0, 0.05) is 16.7 Å². The van der Waals surface area contributed by atoms with Crippen LogP contribution in [-0.4, -0.2) is 11.7 Å². The first-order chi connectivity index (χ1) is 17.3. The summed E-state index contributed by atoms with van der Waals surface area (Å²) < 4.78 is 63.3. The summed E-state index contributed by atoms with van der Waals surface area (Å²) in [7, 11) is 0. The first-order valence-corrected chi connectivity index (χ1v) is 11.5. The van der Waals surface area contributed by atoms with Gasteiger partial charge in [-0.15, -0.1) is 0 Å². The molecule has 0 aliphatic heterocycles. The number of benzene rings is 4. The van der Waals surface area contributed by atoms with Crippen LogP contribution in [0, 0.1) is 23.3 Å². The summed E-state index contributed by atoms with van der Waals surface area (Å²) in [6.07, 6.45) is 2.40. The summed E-state index contributed by atoms with van der Waals surface area (Å²) in [5, 5.41) is 9.62. The van der Waals surface area contributed by atoms with E-state index in [0.29, 0.717) is 22.3 Å². The zero-order chi connectivity index (χ0) is 25.8. The van der Waals surface area contributed by atoms with E-state index in [4.69, 9.17) is 4.74 Å². The van der Waals surface area contributed by atoms with Crippen LogP contribution < -0.4 is 4.74 Å². The molecule has 0 aliphatic carbocycles. The van der Waals surface area contributed by atoms with Crippen LogP contribution in [0.15, 0.2) is 72.8 Å². The Morgan fingerprint density at radius 2 is 1.25 bits per heavy atom. The quantitative estimate of drug-likeness (QED) is 0.208. The largest absolute Gasteiger partial charge is 0.491 e. The van der Waals surface area contributed by atoms with Crippen molar-refractivity contribution in [1.82, 2.24) is 0 Å². The van der Waals surface area contributed by atoms with Crippen molar-refractivity contribution in [1.29, 1.82) is 0 Å². The van der Waals surface area contributed by atoms with E-state index in [-0.39, 0.29) is 29.0 Å². The average Bonchev–Trinajstić information content (AvgIpc) is 2.88. The molecule has 0 saturated carbocycles. The molecule has 1 N–H and O–H groups in total. The van der Waals surface area contributed by atoms with Crippen LogP contribution in [0.4, 0.5) is 17.6 Å². The first-order valence-electron chi connectivity index (χ1n) is 11.5. The van der Waals surface area contributed by atoms with Gasteiger partial charge in [0.15, 0.2) is 23.2 Å². The molecule has 0 aliphatic rings. The molecule has 1 atom stereocenters. The van der Waals surface area contributed by atoms with E-state index < -0.39 is 29.4 Å². The van der Waals surface area contributed by atoms with Crippen LogP contribution in [-0.2, 0) is 0 Å². The molecule has 1 unspecified atom stereocenters. The summed E-state index contributed by atoms with van der Waals surface area (Å²) in [4.78, 5) is 0. The van der Waals surface area contributed by atoms with Crippen LogP contribution in [0.2, 0.25) is 0 Å². The van der Waals surface area contributed by atoms with Crippen molar-refractivity contribution < 1.29 is 27.4 Å². The van der Waals surface area contributed by atoms with Gasteiger partial charge in [0.05, 0.1) is 12.7 Å². The molecular formula is C30H24F4O2. The highest BCUT2D eigenvalue weighted by Crippen LogP contribution is 2.31. The van der Waals surface area contributed by atoms with Crippen LogP contribution >= 0.6 is 0 Å². The molecule has 0 radical (unpaired) electrons. The fourth-order valence-electron chi connectivity index (χ4n) is 3.84. The number of ether oxygens (including phenoxy) is 1. The monoisotopic (exact) mass is 492 g/mol. The van der Waals surface area contributed by atoms with E-state index >= 15 is 0 Å². The molecule has 6 heteroatoms. The maximum absolute atomic E-state index is 14.8. The van der Waals surface area contributed by atoms with E-state index in [1.807, 2.05) is 0 Å². The Morgan fingerprint density at radius 3 is 1.83 bits per heavy atom. The lowest BCUT2D eigenvalue weighted by Crippen LogP contribution is -1.98. The van der Waals surface area contributed by atoms with Crippen molar-refractivity contribution >= 4 is 12.2 Å². The second kappa shape index (κ2) is 10.8. The fraction of sp³-hybridized carbons (Fsp3) is 0.133. The number of halogens is 4. The molecular weight excluding hydrogens is 468 g/mol. The Balaban J connectivity index is 1.54. The van der Waals surface area contributed by atoms with Crippen molar-refractivity contribution in [3.63, 3.8) is 0 Å². The van der Waals surface area contributed by atoms with Crippen molar-refractivity contribution in [2.75, 3.05) is 6.61 Å². The second-order valence-electron chi connectivity index (χ2n) is 8.26. The topological polar surface area (TPSA) is 29.5 Å². The lowest BCUT2D eigenvalue weighted by molar-refractivity contribution is 0.199. The van der Waals surface area contributed by atoms with Crippen molar-refractivity contribution in [2.24, 2.45) is 0 Å². The van der Waals surface area contributed by atoms with Gasteiger partial charge in [-0.1, -0.05) is 72.8 Å². The van der Waals surface area contributed by atoms with Gasteiger partial charge >= 0.3 is 0 Å². The highest BCUT2D eigenvalue weighted by molar-refractivity contribution is 5.74. The Morgan fingerprint density at radius 1 is 0.694 bits per heavy atom. The lowest BCUT2D eigenvalue weighted by Gasteiger charge is -2.10. The molecule has 0 fully saturated rings. The van der Waals surface area contributed by atoms with Gasteiger partial charge < -0.3 is 9.84 Å².